The minimum absolute atomic E-state index is 0.663. The lowest BCUT2D eigenvalue weighted by atomic mass is 10.2. The average Bonchev–Trinajstić information content (AvgIpc) is 2.76. The molecule has 0 saturated heterocycles. The summed E-state index contributed by atoms with van der Waals surface area (Å²) in [4.78, 5) is 0. The molecule has 0 fully saturated rings. The Morgan fingerprint density at radius 2 is 2.19 bits per heavy atom. The van der Waals surface area contributed by atoms with E-state index in [9.17, 15) is 0 Å². The monoisotopic (exact) mass is 220 g/mol. The highest BCUT2D eigenvalue weighted by atomic mass is 15.6. The lowest BCUT2D eigenvalue weighted by Crippen LogP contribution is -2.06. The first-order valence-electron chi connectivity index (χ1n) is 5.69. The van der Waals surface area contributed by atoms with Crippen LogP contribution in [0.2, 0.25) is 0 Å². The second-order valence-corrected chi connectivity index (χ2v) is 3.73. The molecule has 0 aliphatic heterocycles. The third kappa shape index (κ3) is 2.65. The number of aromatic nitrogens is 5. The first kappa shape index (κ1) is 10.8. The number of unbranched alkanes of at least 4 members (excludes halogenated alkanes) is 3. The van der Waals surface area contributed by atoms with E-state index in [1.807, 2.05) is 12.1 Å². The molecule has 0 aliphatic carbocycles. The molecule has 6 heteroatoms. The fourth-order valence-electron chi connectivity index (χ4n) is 1.51. The summed E-state index contributed by atoms with van der Waals surface area (Å²) in [6, 6.07) is 3.74. The molecule has 86 valence electrons. The summed E-state index contributed by atoms with van der Waals surface area (Å²) >= 11 is 0. The highest BCUT2D eigenvalue weighted by molar-refractivity contribution is 5.41. The van der Waals surface area contributed by atoms with E-state index in [0.29, 0.717) is 5.65 Å². The van der Waals surface area contributed by atoms with Gasteiger partial charge < -0.3 is 5.32 Å². The molecular formula is C10H16N6. The van der Waals surface area contributed by atoms with Crippen molar-refractivity contribution in [1.29, 1.82) is 0 Å². The molecule has 0 saturated carbocycles. The predicted octanol–water partition coefficient (Wildman–Crippen LogP) is 1.51. The predicted molar refractivity (Wildman–Crippen MR) is 61.2 cm³/mol. The molecule has 0 atom stereocenters. The zero-order valence-corrected chi connectivity index (χ0v) is 9.43. The summed E-state index contributed by atoms with van der Waals surface area (Å²) in [6.07, 6.45) is 4.98. The molecule has 16 heavy (non-hydrogen) atoms. The van der Waals surface area contributed by atoms with Crippen LogP contribution in [0.4, 0.5) is 5.82 Å². The minimum atomic E-state index is 0.663. The van der Waals surface area contributed by atoms with Crippen LogP contribution >= 0.6 is 0 Å². The lowest BCUT2D eigenvalue weighted by molar-refractivity contribution is 0.680. The maximum absolute atomic E-state index is 4.22. The highest BCUT2D eigenvalue weighted by Gasteiger charge is 1.99. The first-order valence-corrected chi connectivity index (χ1v) is 5.69. The van der Waals surface area contributed by atoms with Gasteiger partial charge in [-0.1, -0.05) is 26.2 Å². The summed E-state index contributed by atoms with van der Waals surface area (Å²) in [6.45, 7) is 3.15. The zero-order chi connectivity index (χ0) is 11.2. The molecule has 0 amide bonds. The topological polar surface area (TPSA) is 68.0 Å². The summed E-state index contributed by atoms with van der Waals surface area (Å²) in [7, 11) is 0. The van der Waals surface area contributed by atoms with Gasteiger partial charge in [-0.15, -0.1) is 14.8 Å². The second kappa shape index (κ2) is 5.39. The molecule has 2 aromatic heterocycles. The molecule has 0 aromatic carbocycles. The van der Waals surface area contributed by atoms with Crippen LogP contribution in [0.1, 0.15) is 32.6 Å². The zero-order valence-electron chi connectivity index (χ0n) is 9.43. The summed E-state index contributed by atoms with van der Waals surface area (Å²) in [5.41, 5.74) is 0.663. The first-order chi connectivity index (χ1) is 7.90. The maximum atomic E-state index is 4.22. The van der Waals surface area contributed by atoms with Crippen molar-refractivity contribution in [3.8, 4) is 0 Å². The normalized spacial score (nSPS) is 10.8. The van der Waals surface area contributed by atoms with E-state index in [0.717, 1.165) is 12.4 Å². The highest BCUT2D eigenvalue weighted by Crippen LogP contribution is 2.04. The number of nitrogens with one attached hydrogen (secondary N) is 1. The van der Waals surface area contributed by atoms with Crippen LogP contribution in [-0.2, 0) is 0 Å². The number of tetrazole rings is 1. The van der Waals surface area contributed by atoms with E-state index in [-0.39, 0.29) is 0 Å². The van der Waals surface area contributed by atoms with Crippen LogP contribution in [0.25, 0.3) is 5.65 Å². The van der Waals surface area contributed by atoms with Crippen LogP contribution in [-0.4, -0.2) is 31.8 Å². The number of hydrogen-bond acceptors (Lipinski definition) is 5. The van der Waals surface area contributed by atoms with Gasteiger partial charge in [0, 0.05) is 6.54 Å². The van der Waals surface area contributed by atoms with Crippen molar-refractivity contribution in [3.05, 3.63) is 12.1 Å². The molecular weight excluding hydrogens is 204 g/mol. The van der Waals surface area contributed by atoms with Crippen molar-refractivity contribution in [2.75, 3.05) is 11.9 Å². The number of nitrogens with zero attached hydrogens (tertiary/aromatic N) is 5. The average molecular weight is 220 g/mol. The Kier molecular flexibility index (Phi) is 3.63. The van der Waals surface area contributed by atoms with Gasteiger partial charge in [-0.2, -0.15) is 0 Å². The Morgan fingerprint density at radius 3 is 3.06 bits per heavy atom. The molecule has 0 radical (unpaired) electrons. The fourth-order valence-corrected chi connectivity index (χ4v) is 1.51. The summed E-state index contributed by atoms with van der Waals surface area (Å²) in [5.74, 6) is 0.816. The van der Waals surface area contributed by atoms with Crippen LogP contribution < -0.4 is 5.32 Å². The molecule has 0 spiro atoms. The third-order valence-corrected chi connectivity index (χ3v) is 2.41. The van der Waals surface area contributed by atoms with Gasteiger partial charge in [0.1, 0.15) is 5.82 Å². The van der Waals surface area contributed by atoms with Crippen LogP contribution in [0.15, 0.2) is 12.1 Å². The van der Waals surface area contributed by atoms with E-state index >= 15 is 0 Å². The van der Waals surface area contributed by atoms with E-state index in [4.69, 9.17) is 0 Å². The fraction of sp³-hybridized carbons (Fsp3) is 0.600. The van der Waals surface area contributed by atoms with Crippen molar-refractivity contribution in [3.63, 3.8) is 0 Å². The number of anilines is 1. The quantitative estimate of drug-likeness (QED) is 0.747. The smallest absolute Gasteiger partial charge is 0.200 e. The molecule has 2 rings (SSSR count). The van der Waals surface area contributed by atoms with Gasteiger partial charge >= 0.3 is 0 Å². The van der Waals surface area contributed by atoms with Gasteiger partial charge in [0.05, 0.1) is 0 Å². The van der Waals surface area contributed by atoms with E-state index in [2.05, 4.69) is 32.9 Å². The van der Waals surface area contributed by atoms with Crippen molar-refractivity contribution >= 4 is 11.5 Å². The second-order valence-electron chi connectivity index (χ2n) is 3.73. The van der Waals surface area contributed by atoms with Crippen LogP contribution in [0.3, 0.4) is 0 Å². The van der Waals surface area contributed by atoms with Gasteiger partial charge in [0.25, 0.3) is 0 Å². The molecule has 0 bridgehead atoms. The van der Waals surface area contributed by atoms with Gasteiger partial charge in [0.2, 0.25) is 0 Å². The van der Waals surface area contributed by atoms with Gasteiger partial charge in [-0.3, -0.25) is 0 Å². The van der Waals surface area contributed by atoms with Crippen molar-refractivity contribution in [2.24, 2.45) is 0 Å². The Hall–Kier alpha value is -1.72. The molecule has 2 aromatic rings. The van der Waals surface area contributed by atoms with Gasteiger partial charge in [-0.25, -0.2) is 0 Å². The van der Waals surface area contributed by atoms with Crippen molar-refractivity contribution in [2.45, 2.75) is 32.6 Å². The van der Waals surface area contributed by atoms with Crippen molar-refractivity contribution in [1.82, 2.24) is 25.3 Å². The standard InChI is InChI=1S/C10H16N6/c1-2-3-4-5-8-11-9-6-7-10-12-14-15-16(10)13-9/h6-7H,2-5,8H2,1H3,(H,11,13). The minimum Gasteiger partial charge on any atom is -0.369 e. The van der Waals surface area contributed by atoms with E-state index < -0.39 is 0 Å². The Labute approximate surface area is 94.0 Å². The Bertz CT molecular complexity index is 438. The molecule has 1 N–H and O–H groups in total. The summed E-state index contributed by atoms with van der Waals surface area (Å²) < 4.78 is 1.42. The molecule has 2 heterocycles. The SMILES string of the molecule is CCCCCCNc1ccc2nnnn2n1. The van der Waals surface area contributed by atoms with Crippen LogP contribution in [0, 0.1) is 0 Å². The van der Waals surface area contributed by atoms with E-state index in [1.54, 1.807) is 0 Å². The van der Waals surface area contributed by atoms with E-state index in [1.165, 1.54) is 30.3 Å². The number of hydrogen-bond donors (Lipinski definition) is 1. The van der Waals surface area contributed by atoms with Crippen molar-refractivity contribution < 1.29 is 0 Å². The molecule has 6 nitrogen and oxygen atoms in total. The van der Waals surface area contributed by atoms with Gasteiger partial charge in [0.15, 0.2) is 5.65 Å². The largest absolute Gasteiger partial charge is 0.369 e. The summed E-state index contributed by atoms with van der Waals surface area (Å²) in [5, 5.41) is 18.6. The van der Waals surface area contributed by atoms with Gasteiger partial charge in [-0.05, 0) is 29.0 Å². The number of fused-ring (bicyclic) bond motifs is 1. The molecule has 0 unspecified atom stereocenters. The molecule has 0 aliphatic rings. The lowest BCUT2D eigenvalue weighted by Gasteiger charge is -2.04. The third-order valence-electron chi connectivity index (χ3n) is 2.41. The Morgan fingerprint density at radius 1 is 1.25 bits per heavy atom. The Balaban J connectivity index is 1.84. The van der Waals surface area contributed by atoms with Crippen LogP contribution in [0.5, 0.6) is 0 Å². The maximum Gasteiger partial charge on any atom is 0.200 e. The number of rotatable bonds is 6.